The molecule has 7 heteroatoms. The molecule has 0 aliphatic carbocycles. The highest BCUT2D eigenvalue weighted by Gasteiger charge is 2.14. The number of carboxylic acid groups (broad SMARTS) is 1. The van der Waals surface area contributed by atoms with Crippen molar-refractivity contribution >= 4 is 23.4 Å². The summed E-state index contributed by atoms with van der Waals surface area (Å²) in [5.74, 6) is -1.35. The van der Waals surface area contributed by atoms with E-state index in [-0.39, 0.29) is 17.9 Å². The average Bonchev–Trinajstić information content (AvgIpc) is 2.81. The molecule has 1 aromatic rings. The number of aliphatic carboxylic acids is 1. The Morgan fingerprint density at radius 2 is 2.17 bits per heavy atom. The van der Waals surface area contributed by atoms with Gasteiger partial charge < -0.3 is 10.4 Å². The Morgan fingerprint density at radius 3 is 2.72 bits per heavy atom. The molecule has 18 heavy (non-hydrogen) atoms. The minimum atomic E-state index is -0.778. The summed E-state index contributed by atoms with van der Waals surface area (Å²) >= 11 is 1.13. The number of aromatic nitrogens is 2. The maximum absolute atomic E-state index is 11.6. The van der Waals surface area contributed by atoms with Crippen LogP contribution in [0.3, 0.4) is 0 Å². The highest BCUT2D eigenvalue weighted by atomic mass is 32.1. The zero-order valence-electron chi connectivity index (χ0n) is 10.4. The topological polar surface area (TPSA) is 92.2 Å². The Bertz CT molecular complexity index is 394. The summed E-state index contributed by atoms with van der Waals surface area (Å²) in [7, 11) is 0. The van der Waals surface area contributed by atoms with Crippen LogP contribution in [0.2, 0.25) is 0 Å². The van der Waals surface area contributed by atoms with E-state index < -0.39 is 5.97 Å². The lowest BCUT2D eigenvalue weighted by atomic mass is 10.0. The van der Waals surface area contributed by atoms with E-state index in [1.165, 1.54) is 0 Å². The molecule has 1 amide bonds. The third kappa shape index (κ3) is 4.79. The molecule has 2 unspecified atom stereocenters. The van der Waals surface area contributed by atoms with Gasteiger partial charge in [0.1, 0.15) is 0 Å². The lowest BCUT2D eigenvalue weighted by molar-refractivity contribution is -0.141. The van der Waals surface area contributed by atoms with E-state index in [2.05, 4.69) is 14.9 Å². The molecule has 0 spiro atoms. The fourth-order valence-corrected chi connectivity index (χ4v) is 1.92. The predicted octanol–water partition coefficient (Wildman–Crippen LogP) is 1.55. The lowest BCUT2D eigenvalue weighted by Crippen LogP contribution is -2.32. The summed E-state index contributed by atoms with van der Waals surface area (Å²) in [6, 6.07) is 0.000180. The van der Waals surface area contributed by atoms with Crippen LogP contribution in [0.4, 0.5) is 0 Å². The number of carboxylic acids is 1. The second kappa shape index (κ2) is 7.05. The van der Waals surface area contributed by atoms with E-state index >= 15 is 0 Å². The van der Waals surface area contributed by atoms with Crippen molar-refractivity contribution in [2.75, 3.05) is 0 Å². The van der Waals surface area contributed by atoms with Gasteiger partial charge in [-0.05, 0) is 31.3 Å². The van der Waals surface area contributed by atoms with Crippen LogP contribution in [0, 0.1) is 5.92 Å². The molecule has 6 nitrogen and oxygen atoms in total. The molecule has 2 atom stereocenters. The summed E-state index contributed by atoms with van der Waals surface area (Å²) in [5, 5.41) is 16.8. The molecule has 0 aromatic carbocycles. The Hall–Kier alpha value is -1.50. The van der Waals surface area contributed by atoms with E-state index in [1.807, 2.05) is 6.92 Å². The van der Waals surface area contributed by atoms with Gasteiger partial charge in [-0.2, -0.15) is 0 Å². The first kappa shape index (κ1) is 14.6. The van der Waals surface area contributed by atoms with Gasteiger partial charge in [-0.15, -0.1) is 5.10 Å². The Kier molecular flexibility index (Phi) is 5.70. The highest BCUT2D eigenvalue weighted by molar-refractivity contribution is 7.03. The summed E-state index contributed by atoms with van der Waals surface area (Å²) in [4.78, 5) is 22.2. The van der Waals surface area contributed by atoms with Crippen molar-refractivity contribution in [3.63, 3.8) is 0 Å². The van der Waals surface area contributed by atoms with Gasteiger partial charge in [-0.3, -0.25) is 9.59 Å². The van der Waals surface area contributed by atoms with E-state index in [4.69, 9.17) is 5.11 Å². The van der Waals surface area contributed by atoms with Crippen molar-refractivity contribution in [1.29, 1.82) is 0 Å². The first-order valence-electron chi connectivity index (χ1n) is 5.81. The maximum atomic E-state index is 11.6. The van der Waals surface area contributed by atoms with Crippen LogP contribution in [0.25, 0.3) is 0 Å². The summed E-state index contributed by atoms with van der Waals surface area (Å²) in [5.41, 5.74) is 0.325. The maximum Gasteiger partial charge on any atom is 0.306 e. The minimum absolute atomic E-state index is 0.000180. The molecule has 0 aliphatic rings. The predicted molar refractivity (Wildman–Crippen MR) is 67.5 cm³/mol. The van der Waals surface area contributed by atoms with Gasteiger partial charge in [0.15, 0.2) is 5.69 Å². The first-order valence-corrected chi connectivity index (χ1v) is 6.65. The van der Waals surface area contributed by atoms with Gasteiger partial charge in [0.2, 0.25) is 0 Å². The number of nitrogens with zero attached hydrogens (tertiary/aromatic N) is 2. The second-order valence-corrected chi connectivity index (χ2v) is 4.94. The number of carbonyl (C=O) groups is 2. The largest absolute Gasteiger partial charge is 0.481 e. The van der Waals surface area contributed by atoms with E-state index in [1.54, 1.807) is 12.3 Å². The SMILES string of the molecule is CC(CCCC(C)C(=O)O)NC(=O)c1csnn1. The van der Waals surface area contributed by atoms with Gasteiger partial charge in [0, 0.05) is 11.4 Å². The molecule has 0 saturated carbocycles. The number of hydrogen-bond acceptors (Lipinski definition) is 5. The number of nitrogens with one attached hydrogen (secondary N) is 1. The van der Waals surface area contributed by atoms with Crippen LogP contribution in [0.15, 0.2) is 5.38 Å². The fraction of sp³-hybridized carbons (Fsp3) is 0.636. The van der Waals surface area contributed by atoms with Crippen molar-refractivity contribution in [2.24, 2.45) is 5.92 Å². The monoisotopic (exact) mass is 271 g/mol. The zero-order chi connectivity index (χ0) is 13.5. The average molecular weight is 271 g/mol. The molecule has 0 fully saturated rings. The molecule has 2 N–H and O–H groups in total. The summed E-state index contributed by atoms with van der Waals surface area (Å²) in [6.07, 6.45) is 2.14. The van der Waals surface area contributed by atoms with Crippen molar-refractivity contribution < 1.29 is 14.7 Å². The van der Waals surface area contributed by atoms with Gasteiger partial charge in [0.25, 0.3) is 5.91 Å². The summed E-state index contributed by atoms with van der Waals surface area (Å²) < 4.78 is 3.62. The van der Waals surface area contributed by atoms with Crippen LogP contribution >= 0.6 is 11.5 Å². The van der Waals surface area contributed by atoms with Crippen molar-refractivity contribution in [3.05, 3.63) is 11.1 Å². The molecule has 100 valence electrons. The van der Waals surface area contributed by atoms with Gasteiger partial charge >= 0.3 is 5.97 Å². The van der Waals surface area contributed by atoms with Crippen LogP contribution in [0.5, 0.6) is 0 Å². The first-order chi connectivity index (χ1) is 8.50. The molecular formula is C11H17N3O3S. The van der Waals surface area contributed by atoms with Gasteiger partial charge in [0.05, 0.1) is 5.92 Å². The van der Waals surface area contributed by atoms with Gasteiger partial charge in [-0.1, -0.05) is 17.8 Å². The molecular weight excluding hydrogens is 254 g/mol. The molecule has 0 saturated heterocycles. The van der Waals surface area contributed by atoms with E-state index in [0.29, 0.717) is 12.1 Å². The number of amides is 1. The molecule has 0 aliphatic heterocycles. The van der Waals surface area contributed by atoms with Crippen LogP contribution < -0.4 is 5.32 Å². The smallest absolute Gasteiger partial charge is 0.306 e. The van der Waals surface area contributed by atoms with E-state index in [9.17, 15) is 9.59 Å². The standard InChI is InChI=1S/C11H17N3O3S/c1-7(11(16)17)4-3-5-8(2)12-10(15)9-6-18-14-13-9/h6-8H,3-5H2,1-2H3,(H,12,15)(H,16,17). The molecule has 0 bridgehead atoms. The van der Waals surface area contributed by atoms with Crippen LogP contribution in [0.1, 0.15) is 43.6 Å². The van der Waals surface area contributed by atoms with Crippen molar-refractivity contribution in [1.82, 2.24) is 14.9 Å². The second-order valence-electron chi connectivity index (χ2n) is 4.33. The number of carbonyl (C=O) groups excluding carboxylic acids is 1. The van der Waals surface area contributed by atoms with Crippen LogP contribution in [-0.4, -0.2) is 32.6 Å². The molecule has 1 heterocycles. The lowest BCUT2D eigenvalue weighted by Gasteiger charge is -2.13. The number of hydrogen-bond donors (Lipinski definition) is 2. The summed E-state index contributed by atoms with van der Waals surface area (Å²) in [6.45, 7) is 3.58. The van der Waals surface area contributed by atoms with Crippen molar-refractivity contribution in [2.45, 2.75) is 39.2 Å². The third-order valence-corrected chi connectivity index (χ3v) is 3.17. The molecule has 0 radical (unpaired) electrons. The fourth-order valence-electron chi connectivity index (χ4n) is 1.49. The Morgan fingerprint density at radius 1 is 1.44 bits per heavy atom. The quantitative estimate of drug-likeness (QED) is 0.785. The zero-order valence-corrected chi connectivity index (χ0v) is 11.2. The van der Waals surface area contributed by atoms with Gasteiger partial charge in [-0.25, -0.2) is 0 Å². The Balaban J connectivity index is 2.24. The highest BCUT2D eigenvalue weighted by Crippen LogP contribution is 2.10. The molecule has 1 rings (SSSR count). The third-order valence-electron chi connectivity index (χ3n) is 2.67. The Labute approximate surface area is 110 Å². The minimum Gasteiger partial charge on any atom is -0.481 e. The van der Waals surface area contributed by atoms with Crippen molar-refractivity contribution in [3.8, 4) is 0 Å². The molecule has 1 aromatic heterocycles. The number of rotatable bonds is 7. The van der Waals surface area contributed by atoms with Crippen LogP contribution in [-0.2, 0) is 4.79 Å². The van der Waals surface area contributed by atoms with E-state index in [0.717, 1.165) is 24.4 Å². The normalized spacial score (nSPS) is 13.9.